The molecule has 17 heavy (non-hydrogen) atoms. The van der Waals surface area contributed by atoms with E-state index < -0.39 is 0 Å². The smallest absolute Gasteiger partial charge is 0.333 e. The van der Waals surface area contributed by atoms with E-state index in [2.05, 4.69) is 11.3 Å². The maximum absolute atomic E-state index is 10.7. The fourth-order valence-corrected chi connectivity index (χ4v) is 0.659. The fraction of sp³-hybridized carbons (Fsp3) is 0.583. The Balaban J connectivity index is 0. The molecular weight excluding hydrogens is 224 g/mol. The molecule has 5 heteroatoms. The average Bonchev–Trinajstić information content (AvgIpc) is 2.98. The first-order valence-corrected chi connectivity index (χ1v) is 5.05. The van der Waals surface area contributed by atoms with E-state index in [1.807, 2.05) is 0 Å². The second-order valence-corrected chi connectivity index (χ2v) is 3.26. The van der Waals surface area contributed by atoms with Gasteiger partial charge in [-0.25, -0.2) is 4.79 Å². The average molecular weight is 245 g/mol. The zero-order chi connectivity index (χ0) is 12.6. The molecule has 0 amide bonds. The molecule has 1 aliphatic rings. The van der Waals surface area contributed by atoms with Gasteiger partial charge in [0.05, 0.1) is 13.2 Å². The summed E-state index contributed by atoms with van der Waals surface area (Å²) in [5, 5.41) is 0. The summed E-state index contributed by atoms with van der Waals surface area (Å²) in [5.41, 5.74) is 0.431. The Morgan fingerprint density at radius 3 is 2.12 bits per heavy atom. The summed E-state index contributed by atoms with van der Waals surface area (Å²) in [6.07, 6.45) is 0.142. The predicted octanol–water partition coefficient (Wildman–Crippen LogP) is 1.52. The van der Waals surface area contributed by atoms with Crippen LogP contribution in [-0.4, -0.2) is 37.9 Å². The monoisotopic (exact) mass is 245 g/mol. The lowest BCUT2D eigenvalue weighted by Crippen LogP contribution is -2.09. The SMILES string of the molecule is C=C(C)C(=O)OCC1CO1.CCOC(C)=O.[CH3]. The molecule has 0 saturated carbocycles. The van der Waals surface area contributed by atoms with Crippen molar-refractivity contribution in [1.82, 2.24) is 0 Å². The van der Waals surface area contributed by atoms with Gasteiger partial charge in [-0.2, -0.15) is 0 Å². The van der Waals surface area contributed by atoms with Crippen LogP contribution in [0.3, 0.4) is 0 Å². The van der Waals surface area contributed by atoms with Gasteiger partial charge in [-0.05, 0) is 13.8 Å². The van der Waals surface area contributed by atoms with E-state index in [-0.39, 0.29) is 25.5 Å². The molecule has 1 unspecified atom stereocenters. The molecule has 0 aliphatic carbocycles. The van der Waals surface area contributed by atoms with E-state index in [0.717, 1.165) is 0 Å². The molecule has 1 atom stereocenters. The van der Waals surface area contributed by atoms with Crippen LogP contribution in [0.4, 0.5) is 0 Å². The standard InChI is InChI=1S/C7H10O3.C4H8O2.CH3/c1-5(2)7(8)10-4-6-3-9-6;1-3-6-4(2)5;/h6H,1,3-4H2,2H3;3H2,1-2H3;1H3. The van der Waals surface area contributed by atoms with E-state index in [1.54, 1.807) is 13.8 Å². The summed E-state index contributed by atoms with van der Waals surface area (Å²) in [6.45, 7) is 9.79. The van der Waals surface area contributed by atoms with Crippen LogP contribution in [0.15, 0.2) is 12.2 Å². The molecule has 99 valence electrons. The van der Waals surface area contributed by atoms with Gasteiger partial charge in [0, 0.05) is 12.5 Å². The van der Waals surface area contributed by atoms with Gasteiger partial charge in [-0.1, -0.05) is 14.0 Å². The Morgan fingerprint density at radius 1 is 1.35 bits per heavy atom. The molecule has 1 saturated heterocycles. The third-order valence-corrected chi connectivity index (χ3v) is 1.50. The topological polar surface area (TPSA) is 65.1 Å². The van der Waals surface area contributed by atoms with E-state index in [9.17, 15) is 9.59 Å². The normalized spacial score (nSPS) is 15.6. The first-order valence-electron chi connectivity index (χ1n) is 5.05. The zero-order valence-corrected chi connectivity index (χ0v) is 10.9. The van der Waals surface area contributed by atoms with Gasteiger partial charge in [-0.3, -0.25) is 4.79 Å². The fourth-order valence-electron chi connectivity index (χ4n) is 0.659. The Hall–Kier alpha value is -1.36. The Labute approximate surface area is 103 Å². The second kappa shape index (κ2) is 9.84. The molecule has 0 bridgehead atoms. The van der Waals surface area contributed by atoms with Crippen LogP contribution in [0, 0.1) is 7.43 Å². The predicted molar refractivity (Wildman–Crippen MR) is 64.2 cm³/mol. The van der Waals surface area contributed by atoms with Crippen LogP contribution in [0.5, 0.6) is 0 Å². The minimum Gasteiger partial charge on any atom is -0.466 e. The highest BCUT2D eigenvalue weighted by atomic mass is 16.6. The maximum Gasteiger partial charge on any atom is 0.333 e. The number of esters is 2. The molecule has 0 aromatic carbocycles. The van der Waals surface area contributed by atoms with E-state index in [4.69, 9.17) is 9.47 Å². The lowest BCUT2D eigenvalue weighted by Gasteiger charge is -1.99. The van der Waals surface area contributed by atoms with Crippen molar-refractivity contribution < 1.29 is 23.8 Å². The number of carbonyl (C=O) groups is 2. The van der Waals surface area contributed by atoms with Crippen LogP contribution in [0.25, 0.3) is 0 Å². The van der Waals surface area contributed by atoms with Gasteiger partial charge in [-0.15, -0.1) is 0 Å². The number of carbonyl (C=O) groups excluding carboxylic acids is 2. The zero-order valence-electron chi connectivity index (χ0n) is 10.9. The van der Waals surface area contributed by atoms with Crippen molar-refractivity contribution in [3.8, 4) is 0 Å². The van der Waals surface area contributed by atoms with Crippen LogP contribution in [0.2, 0.25) is 0 Å². The number of rotatable bonds is 4. The molecule has 1 aliphatic heterocycles. The summed E-state index contributed by atoms with van der Waals surface area (Å²) in [7, 11) is 0. The van der Waals surface area contributed by atoms with Gasteiger partial charge in [0.25, 0.3) is 0 Å². The largest absolute Gasteiger partial charge is 0.466 e. The van der Waals surface area contributed by atoms with E-state index >= 15 is 0 Å². The van der Waals surface area contributed by atoms with Crippen molar-refractivity contribution in [3.05, 3.63) is 19.6 Å². The molecule has 0 spiro atoms. The van der Waals surface area contributed by atoms with Crippen molar-refractivity contribution >= 4 is 11.9 Å². The first-order chi connectivity index (χ1) is 7.47. The Kier molecular flexibility index (Phi) is 10.4. The van der Waals surface area contributed by atoms with Crippen LogP contribution < -0.4 is 0 Å². The molecular formula is C12H21O5. The van der Waals surface area contributed by atoms with Crippen molar-refractivity contribution in [2.45, 2.75) is 26.9 Å². The highest BCUT2D eigenvalue weighted by molar-refractivity contribution is 5.86. The molecule has 1 fully saturated rings. The van der Waals surface area contributed by atoms with Gasteiger partial charge >= 0.3 is 11.9 Å². The molecule has 0 aromatic rings. The number of ether oxygens (including phenoxy) is 3. The third kappa shape index (κ3) is 12.6. The van der Waals surface area contributed by atoms with Gasteiger partial charge in [0.1, 0.15) is 12.7 Å². The van der Waals surface area contributed by atoms with Crippen LogP contribution in [-0.2, 0) is 23.8 Å². The molecule has 0 N–H and O–H groups in total. The second-order valence-electron chi connectivity index (χ2n) is 3.26. The number of epoxide rings is 1. The third-order valence-electron chi connectivity index (χ3n) is 1.50. The Morgan fingerprint density at radius 2 is 1.88 bits per heavy atom. The van der Waals surface area contributed by atoms with Crippen molar-refractivity contribution in [3.63, 3.8) is 0 Å². The summed E-state index contributed by atoms with van der Waals surface area (Å²) >= 11 is 0. The number of hydrogen-bond acceptors (Lipinski definition) is 5. The molecule has 1 rings (SSSR count). The van der Waals surface area contributed by atoms with Gasteiger partial charge in [0.2, 0.25) is 0 Å². The maximum atomic E-state index is 10.7. The summed E-state index contributed by atoms with van der Waals surface area (Å²) in [6, 6.07) is 0. The van der Waals surface area contributed by atoms with Crippen molar-refractivity contribution in [2.24, 2.45) is 0 Å². The summed E-state index contributed by atoms with van der Waals surface area (Å²) in [5.74, 6) is -0.548. The van der Waals surface area contributed by atoms with E-state index in [0.29, 0.717) is 25.4 Å². The lowest BCUT2D eigenvalue weighted by molar-refractivity contribution is -0.140. The quantitative estimate of drug-likeness (QED) is 0.427. The van der Waals surface area contributed by atoms with Gasteiger partial charge < -0.3 is 14.2 Å². The number of hydrogen-bond donors (Lipinski definition) is 0. The molecule has 0 aromatic heterocycles. The van der Waals surface area contributed by atoms with Gasteiger partial charge in [0.15, 0.2) is 0 Å². The van der Waals surface area contributed by atoms with Crippen LogP contribution >= 0.6 is 0 Å². The first kappa shape index (κ1) is 18.0. The lowest BCUT2D eigenvalue weighted by atomic mass is 10.4. The minimum atomic E-state index is -0.337. The van der Waals surface area contributed by atoms with Crippen LogP contribution in [0.1, 0.15) is 20.8 Å². The molecule has 1 heterocycles. The molecule has 1 radical (unpaired) electrons. The van der Waals surface area contributed by atoms with E-state index in [1.165, 1.54) is 6.92 Å². The minimum absolute atomic E-state index is 0. The Bertz CT molecular complexity index is 256. The highest BCUT2D eigenvalue weighted by Gasteiger charge is 2.24. The highest BCUT2D eigenvalue weighted by Crippen LogP contribution is 2.09. The molecule has 5 nitrogen and oxygen atoms in total. The summed E-state index contributed by atoms with van der Waals surface area (Å²) < 4.78 is 14.0. The van der Waals surface area contributed by atoms with Crippen molar-refractivity contribution in [1.29, 1.82) is 0 Å². The summed E-state index contributed by atoms with van der Waals surface area (Å²) in [4.78, 5) is 20.5. The van der Waals surface area contributed by atoms with Crippen molar-refractivity contribution in [2.75, 3.05) is 19.8 Å².